The topological polar surface area (TPSA) is 38.0 Å². The molecule has 0 bridgehead atoms. The molecule has 3 heteroatoms. The quantitative estimate of drug-likeness (QED) is 0.824. The van der Waals surface area contributed by atoms with Gasteiger partial charge >= 0.3 is 0 Å². The number of aliphatic hydroxyl groups excluding tert-OH is 1. The Hall–Kier alpha value is -0.830. The van der Waals surface area contributed by atoms with E-state index in [4.69, 9.17) is 0 Å². The van der Waals surface area contributed by atoms with Crippen LogP contribution in [0.3, 0.4) is 0 Å². The molecule has 1 atom stereocenters. The van der Waals surface area contributed by atoms with Gasteiger partial charge in [0, 0.05) is 12.6 Å². The maximum absolute atomic E-state index is 9.54. The molecule has 1 aliphatic carbocycles. The first kappa shape index (κ1) is 10.7. The second kappa shape index (κ2) is 4.79. The van der Waals surface area contributed by atoms with E-state index in [2.05, 4.69) is 16.0 Å². The van der Waals surface area contributed by atoms with E-state index >= 15 is 0 Å². The molecule has 0 aliphatic heterocycles. The molecule has 0 radical (unpaired) electrons. The molecular weight excluding hydrogens is 188 g/mol. The first-order valence-electron chi connectivity index (χ1n) is 6.01. The van der Waals surface area contributed by atoms with Crippen LogP contribution in [0.5, 0.6) is 0 Å². The molecule has 1 aliphatic rings. The lowest BCUT2D eigenvalue weighted by atomic mass is 10.1. The Morgan fingerprint density at radius 3 is 2.93 bits per heavy atom. The lowest BCUT2D eigenvalue weighted by Crippen LogP contribution is -2.10. The lowest BCUT2D eigenvalue weighted by molar-refractivity contribution is 0.169. The number of aliphatic hydroxyl groups is 1. The van der Waals surface area contributed by atoms with Crippen molar-refractivity contribution in [2.75, 3.05) is 0 Å². The van der Waals surface area contributed by atoms with Gasteiger partial charge in [-0.3, -0.25) is 4.68 Å². The predicted molar refractivity (Wildman–Crippen MR) is 59.7 cm³/mol. The summed E-state index contributed by atoms with van der Waals surface area (Å²) < 4.78 is 2.09. The van der Waals surface area contributed by atoms with Gasteiger partial charge in [-0.1, -0.05) is 19.8 Å². The monoisotopic (exact) mass is 208 g/mol. The maximum Gasteiger partial charge on any atom is 0.0650 e. The summed E-state index contributed by atoms with van der Waals surface area (Å²) in [6, 6.07) is 2.65. The average Bonchev–Trinajstić information content (AvgIpc) is 2.85. The van der Waals surface area contributed by atoms with E-state index in [1.54, 1.807) is 0 Å². The van der Waals surface area contributed by atoms with Crippen molar-refractivity contribution in [3.8, 4) is 0 Å². The minimum absolute atomic E-state index is 0.239. The van der Waals surface area contributed by atoms with Gasteiger partial charge in [-0.05, 0) is 25.3 Å². The summed E-state index contributed by atoms with van der Waals surface area (Å²) in [6.07, 6.45) is 8.50. The first-order chi connectivity index (χ1) is 7.29. The Morgan fingerprint density at radius 2 is 2.27 bits per heavy atom. The van der Waals surface area contributed by atoms with Gasteiger partial charge in [-0.25, -0.2) is 0 Å². The van der Waals surface area contributed by atoms with Crippen LogP contribution in [0, 0.1) is 0 Å². The molecule has 1 aromatic rings. The highest BCUT2D eigenvalue weighted by molar-refractivity contribution is 5.01. The second-order valence-electron chi connectivity index (χ2n) is 4.49. The third kappa shape index (κ3) is 2.59. The minimum atomic E-state index is -0.239. The van der Waals surface area contributed by atoms with Gasteiger partial charge in [-0.2, -0.15) is 5.10 Å². The molecule has 2 rings (SSSR count). The van der Waals surface area contributed by atoms with Crippen LogP contribution in [-0.2, 0) is 6.42 Å². The molecule has 84 valence electrons. The third-order valence-electron chi connectivity index (χ3n) is 3.28. The van der Waals surface area contributed by atoms with Crippen LogP contribution in [0.15, 0.2) is 12.3 Å². The molecule has 1 unspecified atom stereocenters. The highest BCUT2D eigenvalue weighted by Crippen LogP contribution is 2.28. The maximum atomic E-state index is 9.54. The van der Waals surface area contributed by atoms with E-state index in [-0.39, 0.29) is 6.10 Å². The summed E-state index contributed by atoms with van der Waals surface area (Å²) in [5, 5.41) is 14.1. The molecule has 1 heterocycles. The van der Waals surface area contributed by atoms with Crippen LogP contribution < -0.4 is 0 Å². The summed E-state index contributed by atoms with van der Waals surface area (Å²) in [7, 11) is 0. The Bertz CT molecular complexity index is 302. The van der Waals surface area contributed by atoms with Crippen LogP contribution in [-0.4, -0.2) is 21.0 Å². The van der Waals surface area contributed by atoms with Crippen molar-refractivity contribution in [1.82, 2.24) is 9.78 Å². The number of rotatable bonds is 4. The van der Waals surface area contributed by atoms with Crippen LogP contribution in [0.1, 0.15) is 50.8 Å². The number of hydrogen-bond acceptors (Lipinski definition) is 2. The molecule has 0 saturated heterocycles. The van der Waals surface area contributed by atoms with Crippen molar-refractivity contribution < 1.29 is 5.11 Å². The highest BCUT2D eigenvalue weighted by atomic mass is 16.3. The van der Waals surface area contributed by atoms with E-state index in [0.717, 1.165) is 12.1 Å². The van der Waals surface area contributed by atoms with Crippen LogP contribution in [0.2, 0.25) is 0 Å². The van der Waals surface area contributed by atoms with Gasteiger partial charge in [0.2, 0.25) is 0 Å². The van der Waals surface area contributed by atoms with Crippen LogP contribution in [0.4, 0.5) is 0 Å². The van der Waals surface area contributed by atoms with Crippen molar-refractivity contribution in [3.63, 3.8) is 0 Å². The first-order valence-corrected chi connectivity index (χ1v) is 6.01. The van der Waals surface area contributed by atoms with Gasteiger partial charge < -0.3 is 5.11 Å². The Balaban J connectivity index is 1.97. The summed E-state index contributed by atoms with van der Waals surface area (Å²) in [5.74, 6) is 0. The number of aromatic nitrogens is 2. The molecule has 0 amide bonds. The fraction of sp³-hybridized carbons (Fsp3) is 0.750. The third-order valence-corrected chi connectivity index (χ3v) is 3.28. The molecule has 1 fully saturated rings. The zero-order valence-corrected chi connectivity index (χ0v) is 9.39. The zero-order chi connectivity index (χ0) is 10.7. The second-order valence-corrected chi connectivity index (χ2v) is 4.49. The Morgan fingerprint density at radius 1 is 1.53 bits per heavy atom. The fourth-order valence-corrected chi connectivity index (χ4v) is 2.24. The summed E-state index contributed by atoms with van der Waals surface area (Å²) in [6.45, 7) is 2.00. The largest absolute Gasteiger partial charge is 0.393 e. The van der Waals surface area contributed by atoms with Crippen LogP contribution in [0.25, 0.3) is 0 Å². The molecule has 1 aromatic heterocycles. The van der Waals surface area contributed by atoms with Crippen molar-refractivity contribution in [2.24, 2.45) is 0 Å². The molecular formula is C12H20N2O. The molecule has 0 aromatic carbocycles. The van der Waals surface area contributed by atoms with E-state index < -0.39 is 0 Å². The van der Waals surface area contributed by atoms with E-state index in [9.17, 15) is 5.11 Å². The zero-order valence-electron chi connectivity index (χ0n) is 9.39. The Labute approximate surface area is 91.1 Å². The average molecular weight is 208 g/mol. The van der Waals surface area contributed by atoms with E-state index in [1.807, 2.05) is 13.0 Å². The van der Waals surface area contributed by atoms with Crippen LogP contribution >= 0.6 is 0 Å². The fourth-order valence-electron chi connectivity index (χ4n) is 2.24. The minimum Gasteiger partial charge on any atom is -0.393 e. The molecule has 0 spiro atoms. The lowest BCUT2D eigenvalue weighted by Gasteiger charge is -2.09. The van der Waals surface area contributed by atoms with Crippen molar-refractivity contribution in [1.29, 1.82) is 0 Å². The van der Waals surface area contributed by atoms with Gasteiger partial charge in [0.15, 0.2) is 0 Å². The van der Waals surface area contributed by atoms with Gasteiger partial charge in [0.05, 0.1) is 17.8 Å². The molecule has 3 nitrogen and oxygen atoms in total. The standard InChI is InChI=1S/C12H20N2O/c1-2-12(15)9-10-7-8-14(13-10)11-5-3-4-6-11/h7-8,11-12,15H,2-6,9H2,1H3. The smallest absolute Gasteiger partial charge is 0.0650 e. The SMILES string of the molecule is CCC(O)Cc1ccn(C2CCCC2)n1. The van der Waals surface area contributed by atoms with E-state index in [1.165, 1.54) is 25.7 Å². The highest BCUT2D eigenvalue weighted by Gasteiger charge is 2.17. The summed E-state index contributed by atoms with van der Waals surface area (Å²) >= 11 is 0. The number of hydrogen-bond donors (Lipinski definition) is 1. The molecule has 1 N–H and O–H groups in total. The summed E-state index contributed by atoms with van der Waals surface area (Å²) in [5.41, 5.74) is 1.02. The van der Waals surface area contributed by atoms with Crippen molar-refractivity contribution >= 4 is 0 Å². The van der Waals surface area contributed by atoms with Crippen molar-refractivity contribution in [3.05, 3.63) is 18.0 Å². The molecule has 15 heavy (non-hydrogen) atoms. The van der Waals surface area contributed by atoms with Gasteiger partial charge in [0.1, 0.15) is 0 Å². The normalized spacial score (nSPS) is 19.6. The van der Waals surface area contributed by atoms with Gasteiger partial charge in [0.25, 0.3) is 0 Å². The van der Waals surface area contributed by atoms with Gasteiger partial charge in [-0.15, -0.1) is 0 Å². The number of nitrogens with zero attached hydrogens (tertiary/aromatic N) is 2. The Kier molecular flexibility index (Phi) is 3.41. The molecule has 1 saturated carbocycles. The summed E-state index contributed by atoms with van der Waals surface area (Å²) in [4.78, 5) is 0. The van der Waals surface area contributed by atoms with Crippen molar-refractivity contribution in [2.45, 2.75) is 57.6 Å². The predicted octanol–water partition coefficient (Wildman–Crippen LogP) is 2.31. The van der Waals surface area contributed by atoms with E-state index in [0.29, 0.717) is 12.5 Å².